The second-order valence-corrected chi connectivity index (χ2v) is 1.84. The molecule has 0 fully saturated rings. The Morgan fingerprint density at radius 1 is 1.78 bits per heavy atom. The molecule has 0 bridgehead atoms. The van der Waals surface area contributed by atoms with Crippen molar-refractivity contribution in [3.63, 3.8) is 0 Å². The SMILES string of the molecule is CCCN(C)C(=O)C#N. The van der Waals surface area contributed by atoms with Crippen molar-refractivity contribution in [2.45, 2.75) is 13.3 Å². The Labute approximate surface area is 54.9 Å². The van der Waals surface area contributed by atoms with E-state index in [9.17, 15) is 4.79 Å². The van der Waals surface area contributed by atoms with Crippen molar-refractivity contribution in [2.24, 2.45) is 0 Å². The number of nitriles is 1. The van der Waals surface area contributed by atoms with Gasteiger partial charge in [-0.05, 0) is 6.42 Å². The smallest absolute Gasteiger partial charge is 0.324 e. The number of hydrogen-bond donors (Lipinski definition) is 0. The summed E-state index contributed by atoms with van der Waals surface area (Å²) in [5.74, 6) is -0.461. The van der Waals surface area contributed by atoms with E-state index in [4.69, 9.17) is 5.26 Å². The zero-order valence-corrected chi connectivity index (χ0v) is 5.72. The molecule has 0 aromatic carbocycles. The van der Waals surface area contributed by atoms with Gasteiger partial charge < -0.3 is 4.90 Å². The topological polar surface area (TPSA) is 44.1 Å². The fourth-order valence-corrected chi connectivity index (χ4v) is 0.522. The minimum atomic E-state index is -0.461. The van der Waals surface area contributed by atoms with E-state index < -0.39 is 5.91 Å². The van der Waals surface area contributed by atoms with Crippen LogP contribution in [0.2, 0.25) is 0 Å². The maximum atomic E-state index is 10.5. The van der Waals surface area contributed by atoms with Crippen molar-refractivity contribution in [3.8, 4) is 6.07 Å². The molecule has 50 valence electrons. The van der Waals surface area contributed by atoms with Gasteiger partial charge >= 0.3 is 5.91 Å². The van der Waals surface area contributed by atoms with Gasteiger partial charge in [-0.2, -0.15) is 5.26 Å². The normalized spacial score (nSPS) is 8.11. The fraction of sp³-hybridized carbons (Fsp3) is 0.667. The Balaban J connectivity index is 3.62. The second kappa shape index (κ2) is 3.90. The molecule has 0 aromatic rings. The van der Waals surface area contributed by atoms with Crippen molar-refractivity contribution in [2.75, 3.05) is 13.6 Å². The molecule has 0 heterocycles. The van der Waals surface area contributed by atoms with E-state index in [0.29, 0.717) is 6.54 Å². The maximum absolute atomic E-state index is 10.5. The first-order valence-electron chi connectivity index (χ1n) is 2.87. The van der Waals surface area contributed by atoms with Gasteiger partial charge in [0.05, 0.1) is 0 Å². The van der Waals surface area contributed by atoms with Crippen molar-refractivity contribution in [3.05, 3.63) is 0 Å². The molecule has 0 aliphatic rings. The zero-order valence-electron chi connectivity index (χ0n) is 5.72. The van der Waals surface area contributed by atoms with Crippen LogP contribution in [0.1, 0.15) is 13.3 Å². The number of rotatable bonds is 2. The first kappa shape index (κ1) is 7.96. The van der Waals surface area contributed by atoms with Gasteiger partial charge in [-0.1, -0.05) is 6.92 Å². The average molecular weight is 126 g/mol. The highest BCUT2D eigenvalue weighted by atomic mass is 16.2. The largest absolute Gasteiger partial charge is 0.333 e. The number of hydrogen-bond acceptors (Lipinski definition) is 2. The maximum Gasteiger partial charge on any atom is 0.324 e. The van der Waals surface area contributed by atoms with Gasteiger partial charge in [0.15, 0.2) is 6.07 Å². The highest BCUT2D eigenvalue weighted by Gasteiger charge is 2.02. The third-order valence-electron chi connectivity index (χ3n) is 1.00. The number of nitrogens with zero attached hydrogens (tertiary/aromatic N) is 2. The van der Waals surface area contributed by atoms with Gasteiger partial charge in [0.25, 0.3) is 0 Å². The van der Waals surface area contributed by atoms with Crippen LogP contribution in [0.25, 0.3) is 0 Å². The summed E-state index contributed by atoms with van der Waals surface area (Å²) < 4.78 is 0. The van der Waals surface area contributed by atoms with Crippen molar-refractivity contribution >= 4 is 5.91 Å². The van der Waals surface area contributed by atoms with Crippen LogP contribution in [0, 0.1) is 11.3 Å². The fourth-order valence-electron chi connectivity index (χ4n) is 0.522. The Bertz CT molecular complexity index is 136. The summed E-state index contributed by atoms with van der Waals surface area (Å²) in [4.78, 5) is 11.9. The van der Waals surface area contributed by atoms with Gasteiger partial charge in [0.1, 0.15) is 0 Å². The first-order chi connectivity index (χ1) is 4.22. The van der Waals surface area contributed by atoms with Gasteiger partial charge in [-0.3, -0.25) is 4.79 Å². The van der Waals surface area contributed by atoms with E-state index in [1.54, 1.807) is 7.05 Å². The molecule has 9 heavy (non-hydrogen) atoms. The summed E-state index contributed by atoms with van der Waals surface area (Å²) >= 11 is 0. The number of carbonyl (C=O) groups is 1. The summed E-state index contributed by atoms with van der Waals surface area (Å²) in [7, 11) is 1.62. The van der Waals surface area contributed by atoms with Crippen molar-refractivity contribution in [1.82, 2.24) is 4.90 Å². The van der Waals surface area contributed by atoms with Gasteiger partial charge in [-0.15, -0.1) is 0 Å². The first-order valence-corrected chi connectivity index (χ1v) is 2.87. The molecule has 0 aromatic heterocycles. The lowest BCUT2D eigenvalue weighted by molar-refractivity contribution is -0.124. The Kier molecular flexibility index (Phi) is 3.45. The molecule has 0 N–H and O–H groups in total. The summed E-state index contributed by atoms with van der Waals surface area (Å²) in [5, 5.41) is 8.09. The molecule has 1 amide bonds. The quantitative estimate of drug-likeness (QED) is 0.502. The number of amides is 1. The average Bonchev–Trinajstić information content (AvgIpc) is 1.87. The summed E-state index contributed by atoms with van der Waals surface area (Å²) in [6, 6.07) is 1.54. The monoisotopic (exact) mass is 126 g/mol. The van der Waals surface area contributed by atoms with Crippen LogP contribution < -0.4 is 0 Å². The number of carbonyl (C=O) groups excluding carboxylic acids is 1. The van der Waals surface area contributed by atoms with Crippen LogP contribution in [-0.4, -0.2) is 24.4 Å². The molecule has 0 rings (SSSR count). The molecule has 0 spiro atoms. The summed E-state index contributed by atoms with van der Waals surface area (Å²) in [6.45, 7) is 2.62. The van der Waals surface area contributed by atoms with E-state index >= 15 is 0 Å². The van der Waals surface area contributed by atoms with Crippen LogP contribution in [-0.2, 0) is 4.79 Å². The lowest BCUT2D eigenvalue weighted by Crippen LogP contribution is -2.25. The van der Waals surface area contributed by atoms with Crippen LogP contribution in [0.4, 0.5) is 0 Å². The zero-order chi connectivity index (χ0) is 7.28. The van der Waals surface area contributed by atoms with E-state index in [1.807, 2.05) is 6.92 Å². The lowest BCUT2D eigenvalue weighted by atomic mass is 10.4. The molecule has 3 heteroatoms. The molecule has 0 radical (unpaired) electrons. The van der Waals surface area contributed by atoms with Crippen LogP contribution in [0.5, 0.6) is 0 Å². The van der Waals surface area contributed by atoms with E-state index in [1.165, 1.54) is 11.0 Å². The molecular weight excluding hydrogens is 116 g/mol. The van der Waals surface area contributed by atoms with Crippen LogP contribution in [0.15, 0.2) is 0 Å². The standard InChI is InChI=1S/C6H10N2O/c1-3-4-8(2)6(9)5-7/h3-4H2,1-2H3. The minimum Gasteiger partial charge on any atom is -0.333 e. The molecule has 0 atom stereocenters. The molecule has 0 unspecified atom stereocenters. The van der Waals surface area contributed by atoms with Crippen molar-refractivity contribution < 1.29 is 4.79 Å². The summed E-state index contributed by atoms with van der Waals surface area (Å²) in [6.07, 6.45) is 0.893. The third-order valence-corrected chi connectivity index (χ3v) is 1.00. The summed E-state index contributed by atoms with van der Waals surface area (Å²) in [5.41, 5.74) is 0. The molecule has 0 aliphatic carbocycles. The van der Waals surface area contributed by atoms with Crippen molar-refractivity contribution in [1.29, 1.82) is 5.26 Å². The Hall–Kier alpha value is -1.04. The molecule has 3 nitrogen and oxygen atoms in total. The predicted octanol–water partition coefficient (Wildman–Crippen LogP) is 0.378. The van der Waals surface area contributed by atoms with E-state index in [2.05, 4.69) is 0 Å². The highest BCUT2D eigenvalue weighted by Crippen LogP contribution is 1.84. The third kappa shape index (κ3) is 2.70. The molecule has 0 saturated heterocycles. The Morgan fingerprint density at radius 2 is 2.33 bits per heavy atom. The molecular formula is C6H10N2O. The lowest BCUT2D eigenvalue weighted by Gasteiger charge is -2.09. The van der Waals surface area contributed by atoms with E-state index in [-0.39, 0.29) is 0 Å². The Morgan fingerprint density at radius 3 is 2.67 bits per heavy atom. The van der Waals surface area contributed by atoms with Gasteiger partial charge in [0, 0.05) is 13.6 Å². The molecule has 0 saturated carbocycles. The molecule has 0 aliphatic heterocycles. The minimum absolute atomic E-state index is 0.461. The predicted molar refractivity (Wildman–Crippen MR) is 33.5 cm³/mol. The van der Waals surface area contributed by atoms with E-state index in [0.717, 1.165) is 6.42 Å². The van der Waals surface area contributed by atoms with Gasteiger partial charge in [-0.25, -0.2) is 0 Å². The van der Waals surface area contributed by atoms with Gasteiger partial charge in [0.2, 0.25) is 0 Å². The van der Waals surface area contributed by atoms with Crippen LogP contribution in [0.3, 0.4) is 0 Å². The van der Waals surface area contributed by atoms with Crippen LogP contribution >= 0.6 is 0 Å². The highest BCUT2D eigenvalue weighted by molar-refractivity contribution is 5.90. The second-order valence-electron chi connectivity index (χ2n) is 1.84.